The number of esters is 1. The van der Waals surface area contributed by atoms with Gasteiger partial charge in [0.25, 0.3) is 0 Å². The van der Waals surface area contributed by atoms with Crippen LogP contribution in [0.1, 0.15) is 25.3 Å². The van der Waals surface area contributed by atoms with Gasteiger partial charge in [-0.05, 0) is 25.3 Å². The molecule has 0 saturated carbocycles. The average Bonchev–Trinajstić information content (AvgIpc) is 3.05. The Morgan fingerprint density at radius 3 is 2.47 bits per heavy atom. The molecule has 0 unspecified atom stereocenters. The quantitative estimate of drug-likeness (QED) is 0.394. The lowest BCUT2D eigenvalue weighted by atomic mass is 9.91. The molecular weight excluding hydrogens is 392 g/mol. The highest BCUT2D eigenvalue weighted by molar-refractivity contribution is 5.81. The zero-order chi connectivity index (χ0) is 21.5. The first-order valence-corrected chi connectivity index (χ1v) is 10.3. The largest absolute Gasteiger partial charge is 0.463 e. The summed E-state index contributed by atoms with van der Waals surface area (Å²) in [6, 6.07) is 9.64. The SMILES string of the molecule is CCOC(=O)/C=C/CC[C@@H]1O[C@H]2[C@@H](O)[C@@H](COCc3ccccc3)O[C@H]2[C@@H](O)[C@H]1O. The van der Waals surface area contributed by atoms with E-state index in [0.29, 0.717) is 26.1 Å². The highest BCUT2D eigenvalue weighted by Gasteiger charge is 2.54. The molecule has 3 rings (SSSR count). The number of benzene rings is 1. The summed E-state index contributed by atoms with van der Waals surface area (Å²) in [6.45, 7) is 2.55. The van der Waals surface area contributed by atoms with Crippen LogP contribution in [0.5, 0.6) is 0 Å². The zero-order valence-electron chi connectivity index (χ0n) is 17.0. The first kappa shape index (κ1) is 22.9. The summed E-state index contributed by atoms with van der Waals surface area (Å²) in [5.41, 5.74) is 1.00. The van der Waals surface area contributed by atoms with Crippen molar-refractivity contribution in [3.05, 3.63) is 48.0 Å². The molecule has 166 valence electrons. The Morgan fingerprint density at radius 2 is 1.73 bits per heavy atom. The Morgan fingerprint density at radius 1 is 1.03 bits per heavy atom. The number of rotatable bonds is 9. The van der Waals surface area contributed by atoms with Gasteiger partial charge in [0.15, 0.2) is 0 Å². The summed E-state index contributed by atoms with van der Waals surface area (Å²) in [5, 5.41) is 31.5. The fraction of sp³-hybridized carbons (Fsp3) is 0.591. The summed E-state index contributed by atoms with van der Waals surface area (Å²) in [6.07, 6.45) is -2.46. The molecule has 7 atom stereocenters. The van der Waals surface area contributed by atoms with Crippen LogP contribution in [0.15, 0.2) is 42.5 Å². The Hall–Kier alpha value is -1.81. The van der Waals surface area contributed by atoms with Gasteiger partial charge in [-0.1, -0.05) is 36.4 Å². The van der Waals surface area contributed by atoms with Crippen LogP contribution in [0.3, 0.4) is 0 Å². The number of ether oxygens (including phenoxy) is 4. The van der Waals surface area contributed by atoms with Crippen LogP contribution in [-0.2, 0) is 30.3 Å². The Labute approximate surface area is 176 Å². The number of carbonyl (C=O) groups excluding carboxylic acids is 1. The number of aliphatic hydroxyl groups excluding tert-OH is 3. The maximum Gasteiger partial charge on any atom is 0.330 e. The molecular formula is C22H30O8. The van der Waals surface area contributed by atoms with E-state index >= 15 is 0 Å². The molecule has 8 heteroatoms. The number of hydrogen-bond acceptors (Lipinski definition) is 8. The molecule has 2 saturated heterocycles. The van der Waals surface area contributed by atoms with E-state index in [-0.39, 0.29) is 6.61 Å². The maximum absolute atomic E-state index is 11.3. The lowest BCUT2D eigenvalue weighted by Gasteiger charge is -2.39. The summed E-state index contributed by atoms with van der Waals surface area (Å²) < 4.78 is 22.1. The lowest BCUT2D eigenvalue weighted by molar-refractivity contribution is -0.218. The number of hydrogen-bond donors (Lipinski definition) is 3. The minimum absolute atomic E-state index is 0.141. The van der Waals surface area contributed by atoms with Crippen LogP contribution in [0.4, 0.5) is 0 Å². The Balaban J connectivity index is 1.50. The van der Waals surface area contributed by atoms with E-state index in [1.807, 2.05) is 30.3 Å². The van der Waals surface area contributed by atoms with Crippen molar-refractivity contribution >= 4 is 5.97 Å². The number of carbonyl (C=O) groups is 1. The van der Waals surface area contributed by atoms with Crippen molar-refractivity contribution in [3.63, 3.8) is 0 Å². The van der Waals surface area contributed by atoms with E-state index < -0.39 is 48.7 Å². The summed E-state index contributed by atoms with van der Waals surface area (Å²) in [7, 11) is 0. The van der Waals surface area contributed by atoms with E-state index in [1.165, 1.54) is 6.08 Å². The van der Waals surface area contributed by atoms with Gasteiger partial charge < -0.3 is 34.3 Å². The fourth-order valence-electron chi connectivity index (χ4n) is 3.77. The number of allylic oxidation sites excluding steroid dienone is 1. The monoisotopic (exact) mass is 422 g/mol. The van der Waals surface area contributed by atoms with Crippen LogP contribution in [0.25, 0.3) is 0 Å². The third kappa shape index (κ3) is 5.66. The third-order valence-corrected chi connectivity index (χ3v) is 5.32. The molecule has 30 heavy (non-hydrogen) atoms. The van der Waals surface area contributed by atoms with Crippen LogP contribution in [0.2, 0.25) is 0 Å². The van der Waals surface area contributed by atoms with Gasteiger partial charge in [0.05, 0.1) is 25.9 Å². The molecule has 0 amide bonds. The van der Waals surface area contributed by atoms with E-state index in [1.54, 1.807) is 13.0 Å². The molecule has 0 bridgehead atoms. The second-order valence-electron chi connectivity index (χ2n) is 7.48. The number of aliphatic hydroxyl groups is 3. The maximum atomic E-state index is 11.3. The van der Waals surface area contributed by atoms with Crippen LogP contribution in [-0.4, -0.2) is 77.2 Å². The van der Waals surface area contributed by atoms with Gasteiger partial charge in [0.2, 0.25) is 0 Å². The second-order valence-corrected chi connectivity index (χ2v) is 7.48. The second kappa shape index (κ2) is 11.0. The van der Waals surface area contributed by atoms with Gasteiger partial charge in [-0.2, -0.15) is 0 Å². The first-order valence-electron chi connectivity index (χ1n) is 10.3. The van der Waals surface area contributed by atoms with Crippen molar-refractivity contribution < 1.29 is 39.1 Å². The van der Waals surface area contributed by atoms with Crippen molar-refractivity contribution in [2.75, 3.05) is 13.2 Å². The molecule has 3 N–H and O–H groups in total. The predicted octanol–water partition coefficient (Wildman–Crippen LogP) is 0.720. The van der Waals surface area contributed by atoms with Crippen molar-refractivity contribution in [1.29, 1.82) is 0 Å². The molecule has 0 aromatic heterocycles. The van der Waals surface area contributed by atoms with Gasteiger partial charge in [0, 0.05) is 6.08 Å². The highest BCUT2D eigenvalue weighted by Crippen LogP contribution is 2.35. The van der Waals surface area contributed by atoms with E-state index in [4.69, 9.17) is 18.9 Å². The molecule has 0 radical (unpaired) electrons. The van der Waals surface area contributed by atoms with Crippen molar-refractivity contribution in [2.24, 2.45) is 0 Å². The smallest absolute Gasteiger partial charge is 0.330 e. The van der Waals surface area contributed by atoms with E-state index in [9.17, 15) is 20.1 Å². The molecule has 2 aliphatic heterocycles. The Bertz CT molecular complexity index is 694. The first-order chi connectivity index (χ1) is 14.5. The van der Waals surface area contributed by atoms with Crippen molar-refractivity contribution in [2.45, 2.75) is 69.1 Å². The topological polar surface area (TPSA) is 115 Å². The lowest BCUT2D eigenvalue weighted by Crippen LogP contribution is -2.57. The molecule has 2 heterocycles. The van der Waals surface area contributed by atoms with Gasteiger partial charge in [-0.15, -0.1) is 0 Å². The molecule has 2 fully saturated rings. The normalized spacial score (nSPS) is 33.5. The van der Waals surface area contributed by atoms with Crippen molar-refractivity contribution in [3.8, 4) is 0 Å². The Kier molecular flexibility index (Phi) is 8.38. The zero-order valence-corrected chi connectivity index (χ0v) is 17.0. The molecule has 0 aliphatic carbocycles. The van der Waals surface area contributed by atoms with Gasteiger partial charge in [0.1, 0.15) is 36.6 Å². The van der Waals surface area contributed by atoms with Gasteiger partial charge in [-0.3, -0.25) is 0 Å². The highest BCUT2D eigenvalue weighted by atomic mass is 16.6. The van der Waals surface area contributed by atoms with Crippen LogP contribution >= 0.6 is 0 Å². The minimum Gasteiger partial charge on any atom is -0.463 e. The number of fused-ring (bicyclic) bond motifs is 1. The van der Waals surface area contributed by atoms with E-state index in [0.717, 1.165) is 5.56 Å². The minimum atomic E-state index is -1.18. The average molecular weight is 422 g/mol. The standard InChI is InChI=1S/C22H30O8/c1-2-28-17(23)11-7-6-10-15-18(24)20(26)22-21(29-15)19(25)16(30-22)13-27-12-14-8-4-3-5-9-14/h3-5,7-9,11,15-16,18-22,24-26H,2,6,10,12-13H2,1H3/b11-7+/t15-,16+,18-,19-,20-,21-,22-/m0/s1. The predicted molar refractivity (Wildman–Crippen MR) is 106 cm³/mol. The molecule has 1 aromatic carbocycles. The molecule has 1 aromatic rings. The molecule has 2 aliphatic rings. The third-order valence-electron chi connectivity index (χ3n) is 5.32. The molecule has 8 nitrogen and oxygen atoms in total. The molecule has 0 spiro atoms. The fourth-order valence-corrected chi connectivity index (χ4v) is 3.77. The van der Waals surface area contributed by atoms with E-state index in [2.05, 4.69) is 0 Å². The summed E-state index contributed by atoms with van der Waals surface area (Å²) in [5.74, 6) is -0.430. The van der Waals surface area contributed by atoms with Crippen LogP contribution in [0, 0.1) is 0 Å². The summed E-state index contributed by atoms with van der Waals surface area (Å²) >= 11 is 0. The van der Waals surface area contributed by atoms with Gasteiger partial charge in [-0.25, -0.2) is 4.79 Å². The summed E-state index contributed by atoms with van der Waals surface area (Å²) in [4.78, 5) is 11.3. The van der Waals surface area contributed by atoms with Crippen molar-refractivity contribution in [1.82, 2.24) is 0 Å². The van der Waals surface area contributed by atoms with Gasteiger partial charge >= 0.3 is 5.97 Å². The van der Waals surface area contributed by atoms with Crippen LogP contribution < -0.4 is 0 Å².